The highest BCUT2D eigenvalue weighted by atomic mass is 16.5. The summed E-state index contributed by atoms with van der Waals surface area (Å²) >= 11 is 0. The molecule has 2 nitrogen and oxygen atoms in total. The van der Waals surface area contributed by atoms with Crippen LogP contribution in [0.5, 0.6) is 0 Å². The molecule has 0 saturated carbocycles. The fourth-order valence-electron chi connectivity index (χ4n) is 2.83. The normalized spacial score (nSPS) is 25.1. The second-order valence-corrected chi connectivity index (χ2v) is 5.43. The van der Waals surface area contributed by atoms with Crippen LogP contribution in [0.15, 0.2) is 0 Å². The number of unbranched alkanes of at least 4 members (excludes halogenated alkanes) is 6. The van der Waals surface area contributed by atoms with Gasteiger partial charge in [0.25, 0.3) is 0 Å². The topological polar surface area (TPSA) is 21.3 Å². The average molecular weight is 241 g/mol. The predicted octanol–water partition coefficient (Wildman–Crippen LogP) is 3.75. The molecule has 1 fully saturated rings. The molecule has 0 aromatic heterocycles. The van der Waals surface area contributed by atoms with Gasteiger partial charge in [-0.3, -0.25) is 0 Å². The third-order valence-electron chi connectivity index (χ3n) is 4.02. The van der Waals surface area contributed by atoms with Crippen molar-refractivity contribution in [3.8, 4) is 0 Å². The van der Waals surface area contributed by atoms with Crippen LogP contribution in [0, 0.1) is 5.92 Å². The third kappa shape index (κ3) is 6.42. The van der Waals surface area contributed by atoms with Gasteiger partial charge in [-0.1, -0.05) is 51.9 Å². The van der Waals surface area contributed by atoms with Crippen LogP contribution in [-0.4, -0.2) is 26.3 Å². The Hall–Kier alpha value is -0.0800. The van der Waals surface area contributed by atoms with Crippen LogP contribution in [0.2, 0.25) is 0 Å². The molecule has 1 saturated heterocycles. The maximum absolute atomic E-state index is 5.58. The molecule has 0 radical (unpaired) electrons. The zero-order valence-electron chi connectivity index (χ0n) is 11.8. The number of nitrogens with one attached hydrogen (secondary N) is 1. The Labute approximate surface area is 108 Å². The average Bonchev–Trinajstić information content (AvgIpc) is 2.38. The van der Waals surface area contributed by atoms with E-state index in [1.54, 1.807) is 0 Å². The summed E-state index contributed by atoms with van der Waals surface area (Å²) in [5.41, 5.74) is 0. The summed E-state index contributed by atoms with van der Waals surface area (Å²) in [7, 11) is 2.09. The molecule has 1 aliphatic rings. The lowest BCUT2D eigenvalue weighted by molar-refractivity contribution is 0.0298. The molecule has 2 heteroatoms. The maximum atomic E-state index is 5.58. The van der Waals surface area contributed by atoms with Gasteiger partial charge in [-0.05, 0) is 25.8 Å². The summed E-state index contributed by atoms with van der Waals surface area (Å²) in [5, 5.41) is 3.44. The van der Waals surface area contributed by atoms with Gasteiger partial charge in [0, 0.05) is 12.6 Å². The lowest BCUT2D eigenvalue weighted by atomic mass is 9.90. The quantitative estimate of drug-likeness (QED) is 0.621. The van der Waals surface area contributed by atoms with Crippen molar-refractivity contribution in [2.45, 2.75) is 70.8 Å². The molecular formula is C15H31NO. The number of ether oxygens (including phenoxy) is 1. The van der Waals surface area contributed by atoms with Crippen molar-refractivity contribution in [2.75, 3.05) is 20.3 Å². The molecular weight excluding hydrogens is 210 g/mol. The first kappa shape index (κ1) is 15.0. The molecule has 0 bridgehead atoms. The minimum Gasteiger partial charge on any atom is -0.381 e. The minimum absolute atomic E-state index is 0.698. The largest absolute Gasteiger partial charge is 0.381 e. The molecule has 0 spiro atoms. The van der Waals surface area contributed by atoms with Crippen LogP contribution < -0.4 is 5.32 Å². The third-order valence-corrected chi connectivity index (χ3v) is 4.02. The van der Waals surface area contributed by atoms with Crippen molar-refractivity contribution >= 4 is 0 Å². The van der Waals surface area contributed by atoms with Gasteiger partial charge in [0.1, 0.15) is 0 Å². The molecule has 0 amide bonds. The van der Waals surface area contributed by atoms with E-state index in [0.29, 0.717) is 6.04 Å². The molecule has 1 N–H and O–H groups in total. The van der Waals surface area contributed by atoms with Crippen LogP contribution >= 0.6 is 0 Å². The van der Waals surface area contributed by atoms with E-state index in [9.17, 15) is 0 Å². The predicted molar refractivity (Wildman–Crippen MR) is 74.4 cm³/mol. The van der Waals surface area contributed by atoms with Gasteiger partial charge >= 0.3 is 0 Å². The molecule has 1 rings (SSSR count). The van der Waals surface area contributed by atoms with Gasteiger partial charge in [-0.15, -0.1) is 0 Å². The van der Waals surface area contributed by atoms with Gasteiger partial charge in [-0.2, -0.15) is 0 Å². The Kier molecular flexibility index (Phi) is 8.72. The SMILES string of the molecule is CCCCCCCCCC1COCCC1NC. The van der Waals surface area contributed by atoms with Crippen LogP contribution in [0.4, 0.5) is 0 Å². The van der Waals surface area contributed by atoms with E-state index in [-0.39, 0.29) is 0 Å². The van der Waals surface area contributed by atoms with Crippen molar-refractivity contribution in [1.29, 1.82) is 0 Å². The Morgan fingerprint density at radius 3 is 2.47 bits per heavy atom. The highest BCUT2D eigenvalue weighted by molar-refractivity contribution is 4.78. The number of rotatable bonds is 9. The fraction of sp³-hybridized carbons (Fsp3) is 1.00. The second-order valence-electron chi connectivity index (χ2n) is 5.43. The highest BCUT2D eigenvalue weighted by Gasteiger charge is 2.23. The van der Waals surface area contributed by atoms with Gasteiger partial charge in [0.15, 0.2) is 0 Å². The monoisotopic (exact) mass is 241 g/mol. The zero-order chi connectivity index (χ0) is 12.3. The second kappa shape index (κ2) is 9.90. The maximum Gasteiger partial charge on any atom is 0.0509 e. The van der Waals surface area contributed by atoms with E-state index in [2.05, 4.69) is 19.3 Å². The first-order valence-electron chi connectivity index (χ1n) is 7.63. The Bertz CT molecular complexity index is 172. The summed E-state index contributed by atoms with van der Waals surface area (Å²) in [4.78, 5) is 0. The molecule has 1 aliphatic heterocycles. The first-order chi connectivity index (χ1) is 8.38. The number of hydrogen-bond donors (Lipinski definition) is 1. The van der Waals surface area contributed by atoms with E-state index < -0.39 is 0 Å². The standard InChI is InChI=1S/C15H31NO/c1-3-4-5-6-7-8-9-10-14-13-17-12-11-15(14)16-2/h14-16H,3-13H2,1-2H3. The summed E-state index contributed by atoms with van der Waals surface area (Å²) in [5.74, 6) is 0.754. The zero-order valence-corrected chi connectivity index (χ0v) is 11.8. The van der Waals surface area contributed by atoms with Crippen LogP contribution in [0.3, 0.4) is 0 Å². The van der Waals surface area contributed by atoms with Crippen LogP contribution in [-0.2, 0) is 4.74 Å². The van der Waals surface area contributed by atoms with E-state index in [4.69, 9.17) is 4.74 Å². The van der Waals surface area contributed by atoms with Gasteiger partial charge in [0.05, 0.1) is 6.61 Å². The van der Waals surface area contributed by atoms with Crippen molar-refractivity contribution in [2.24, 2.45) is 5.92 Å². The van der Waals surface area contributed by atoms with Gasteiger partial charge in [0.2, 0.25) is 0 Å². The van der Waals surface area contributed by atoms with Crippen molar-refractivity contribution in [3.05, 3.63) is 0 Å². The summed E-state index contributed by atoms with van der Waals surface area (Å²) in [6.07, 6.45) is 12.4. The van der Waals surface area contributed by atoms with Gasteiger partial charge in [-0.25, -0.2) is 0 Å². The summed E-state index contributed by atoms with van der Waals surface area (Å²) in [6.45, 7) is 4.20. The van der Waals surface area contributed by atoms with Crippen molar-refractivity contribution in [1.82, 2.24) is 5.32 Å². The van der Waals surface area contributed by atoms with E-state index >= 15 is 0 Å². The Morgan fingerprint density at radius 1 is 1.06 bits per heavy atom. The van der Waals surface area contributed by atoms with E-state index in [1.807, 2.05) is 0 Å². The molecule has 2 unspecified atom stereocenters. The highest BCUT2D eigenvalue weighted by Crippen LogP contribution is 2.21. The molecule has 0 aromatic rings. The summed E-state index contributed by atoms with van der Waals surface area (Å²) < 4.78 is 5.58. The van der Waals surface area contributed by atoms with E-state index in [0.717, 1.165) is 19.1 Å². The molecule has 0 aromatic carbocycles. The Morgan fingerprint density at radius 2 is 1.76 bits per heavy atom. The summed E-state index contributed by atoms with van der Waals surface area (Å²) in [6, 6.07) is 0.698. The van der Waals surface area contributed by atoms with Crippen LogP contribution in [0.25, 0.3) is 0 Å². The smallest absolute Gasteiger partial charge is 0.0509 e. The molecule has 102 valence electrons. The van der Waals surface area contributed by atoms with Crippen molar-refractivity contribution in [3.63, 3.8) is 0 Å². The minimum atomic E-state index is 0.698. The first-order valence-corrected chi connectivity index (χ1v) is 7.63. The molecule has 17 heavy (non-hydrogen) atoms. The molecule has 1 heterocycles. The molecule has 0 aliphatic carbocycles. The van der Waals surface area contributed by atoms with E-state index in [1.165, 1.54) is 57.8 Å². The number of hydrogen-bond acceptors (Lipinski definition) is 2. The molecule has 2 atom stereocenters. The lowest BCUT2D eigenvalue weighted by Gasteiger charge is -2.31. The fourth-order valence-corrected chi connectivity index (χ4v) is 2.83. The Balaban J connectivity index is 1.97. The van der Waals surface area contributed by atoms with Crippen molar-refractivity contribution < 1.29 is 4.74 Å². The lowest BCUT2D eigenvalue weighted by Crippen LogP contribution is -2.40. The van der Waals surface area contributed by atoms with Gasteiger partial charge < -0.3 is 10.1 Å². The van der Waals surface area contributed by atoms with Crippen LogP contribution in [0.1, 0.15) is 64.7 Å².